The van der Waals surface area contributed by atoms with E-state index >= 15 is 0 Å². The summed E-state index contributed by atoms with van der Waals surface area (Å²) in [7, 11) is 0. The van der Waals surface area contributed by atoms with Gasteiger partial charge in [-0.3, -0.25) is 4.98 Å². The highest BCUT2D eigenvalue weighted by atomic mass is 15.1. The van der Waals surface area contributed by atoms with Crippen LogP contribution in [-0.2, 0) is 0 Å². The van der Waals surface area contributed by atoms with Crippen LogP contribution < -0.4 is 10.2 Å². The van der Waals surface area contributed by atoms with E-state index in [2.05, 4.69) is 55.5 Å². The third kappa shape index (κ3) is 3.87. The molecule has 134 valence electrons. The fourth-order valence-corrected chi connectivity index (χ4v) is 3.58. The van der Waals surface area contributed by atoms with Gasteiger partial charge in [0.1, 0.15) is 11.9 Å². The van der Waals surface area contributed by atoms with Crippen molar-refractivity contribution in [2.75, 3.05) is 23.3 Å². The van der Waals surface area contributed by atoms with E-state index < -0.39 is 0 Å². The number of rotatable bonds is 5. The maximum atomic E-state index is 4.46. The van der Waals surface area contributed by atoms with Crippen LogP contribution in [0.15, 0.2) is 61.2 Å². The Balaban J connectivity index is 1.59. The molecule has 5 nitrogen and oxygen atoms in total. The number of H-pyrrole nitrogens is 1. The SMILES string of the molecule is c1cncc([C@@H](Nc2cccc(N3CCCCCC3)c2)c2ncc[nH]2)c1. The first-order valence-electron chi connectivity index (χ1n) is 9.41. The average Bonchev–Trinajstić information content (AvgIpc) is 3.08. The van der Waals surface area contributed by atoms with Gasteiger partial charge in [0.25, 0.3) is 0 Å². The predicted octanol–water partition coefficient (Wildman–Crippen LogP) is 4.39. The molecule has 2 N–H and O–H groups in total. The van der Waals surface area contributed by atoms with Gasteiger partial charge in [-0.1, -0.05) is 25.0 Å². The van der Waals surface area contributed by atoms with Gasteiger partial charge in [-0.15, -0.1) is 0 Å². The lowest BCUT2D eigenvalue weighted by Gasteiger charge is -2.24. The predicted molar refractivity (Wildman–Crippen MR) is 105 cm³/mol. The first kappa shape index (κ1) is 16.6. The maximum absolute atomic E-state index is 4.46. The van der Waals surface area contributed by atoms with Gasteiger partial charge in [0.2, 0.25) is 0 Å². The molecule has 0 radical (unpaired) electrons. The number of aromatic amines is 1. The number of anilines is 2. The Morgan fingerprint density at radius 3 is 2.62 bits per heavy atom. The molecule has 0 bridgehead atoms. The molecular formula is C21H25N5. The second-order valence-electron chi connectivity index (χ2n) is 6.79. The summed E-state index contributed by atoms with van der Waals surface area (Å²) in [6.45, 7) is 2.29. The van der Waals surface area contributed by atoms with Gasteiger partial charge in [0.05, 0.1) is 0 Å². The summed E-state index contributed by atoms with van der Waals surface area (Å²) in [5, 5.41) is 3.63. The third-order valence-electron chi connectivity index (χ3n) is 4.94. The second-order valence-corrected chi connectivity index (χ2v) is 6.79. The number of nitrogens with zero attached hydrogens (tertiary/aromatic N) is 3. The Morgan fingerprint density at radius 1 is 1.00 bits per heavy atom. The number of benzene rings is 1. The standard InChI is InChI=1S/C21H25N5/c1-2-4-14-26(13-3-1)19-9-5-8-18(15-19)25-20(21-23-11-12-24-21)17-7-6-10-22-16-17/h5-12,15-16,20,25H,1-4,13-14H2,(H,23,24)/t20-/m1/s1. The molecule has 0 spiro atoms. The Bertz CT molecular complexity index is 792. The van der Waals surface area contributed by atoms with Gasteiger partial charge in [-0.05, 0) is 37.1 Å². The molecular weight excluding hydrogens is 322 g/mol. The maximum Gasteiger partial charge on any atom is 0.133 e. The van der Waals surface area contributed by atoms with Crippen molar-refractivity contribution in [3.63, 3.8) is 0 Å². The van der Waals surface area contributed by atoms with Crippen molar-refractivity contribution in [1.29, 1.82) is 0 Å². The fraction of sp³-hybridized carbons (Fsp3) is 0.333. The molecule has 1 aliphatic heterocycles. The molecule has 1 atom stereocenters. The molecule has 3 heterocycles. The van der Waals surface area contributed by atoms with Crippen molar-refractivity contribution >= 4 is 11.4 Å². The van der Waals surface area contributed by atoms with Crippen molar-refractivity contribution in [1.82, 2.24) is 15.0 Å². The van der Waals surface area contributed by atoms with Crippen LogP contribution in [0.2, 0.25) is 0 Å². The summed E-state index contributed by atoms with van der Waals surface area (Å²) in [6.07, 6.45) is 12.6. The van der Waals surface area contributed by atoms with Crippen LogP contribution in [-0.4, -0.2) is 28.0 Å². The quantitative estimate of drug-likeness (QED) is 0.719. The largest absolute Gasteiger partial charge is 0.371 e. The zero-order chi connectivity index (χ0) is 17.6. The molecule has 5 heteroatoms. The van der Waals surface area contributed by atoms with E-state index in [1.807, 2.05) is 18.5 Å². The molecule has 4 rings (SSSR count). The summed E-state index contributed by atoms with van der Waals surface area (Å²) in [6, 6.07) is 12.7. The summed E-state index contributed by atoms with van der Waals surface area (Å²) in [4.78, 5) is 14.5. The number of aromatic nitrogens is 3. The van der Waals surface area contributed by atoms with Crippen molar-refractivity contribution < 1.29 is 0 Å². The van der Waals surface area contributed by atoms with Crippen LogP contribution in [0.4, 0.5) is 11.4 Å². The summed E-state index contributed by atoms with van der Waals surface area (Å²) in [5.74, 6) is 0.887. The monoisotopic (exact) mass is 347 g/mol. The first-order valence-corrected chi connectivity index (χ1v) is 9.41. The van der Waals surface area contributed by atoms with E-state index in [0.717, 1.165) is 30.2 Å². The van der Waals surface area contributed by atoms with Crippen LogP contribution in [0.25, 0.3) is 0 Å². The Hall–Kier alpha value is -2.82. The van der Waals surface area contributed by atoms with E-state index in [1.165, 1.54) is 31.4 Å². The van der Waals surface area contributed by atoms with Crippen LogP contribution in [0.3, 0.4) is 0 Å². The van der Waals surface area contributed by atoms with Crippen molar-refractivity contribution in [3.05, 3.63) is 72.6 Å². The number of imidazole rings is 1. The molecule has 0 unspecified atom stereocenters. The van der Waals surface area contributed by atoms with E-state index in [0.29, 0.717) is 0 Å². The molecule has 1 fully saturated rings. The lowest BCUT2D eigenvalue weighted by atomic mass is 10.1. The average molecular weight is 347 g/mol. The van der Waals surface area contributed by atoms with Gasteiger partial charge < -0.3 is 15.2 Å². The number of hydrogen-bond donors (Lipinski definition) is 2. The smallest absolute Gasteiger partial charge is 0.133 e. The molecule has 0 amide bonds. The Kier molecular flexibility index (Phi) is 5.14. The van der Waals surface area contributed by atoms with E-state index in [4.69, 9.17) is 0 Å². The Morgan fingerprint density at radius 2 is 1.88 bits per heavy atom. The molecule has 1 aromatic carbocycles. The Labute approximate surface area is 154 Å². The molecule has 2 aromatic heterocycles. The minimum absolute atomic E-state index is 0.0573. The number of pyridine rings is 1. The molecule has 1 aliphatic rings. The minimum Gasteiger partial charge on any atom is -0.371 e. The lowest BCUT2D eigenvalue weighted by molar-refractivity contribution is 0.726. The highest BCUT2D eigenvalue weighted by Gasteiger charge is 2.17. The summed E-state index contributed by atoms with van der Waals surface area (Å²) < 4.78 is 0. The second kappa shape index (κ2) is 8.04. The minimum atomic E-state index is -0.0573. The van der Waals surface area contributed by atoms with Crippen molar-refractivity contribution in [3.8, 4) is 0 Å². The highest BCUT2D eigenvalue weighted by molar-refractivity contribution is 5.59. The van der Waals surface area contributed by atoms with E-state index in [1.54, 1.807) is 12.4 Å². The zero-order valence-electron chi connectivity index (χ0n) is 14.9. The fourth-order valence-electron chi connectivity index (χ4n) is 3.58. The van der Waals surface area contributed by atoms with Gasteiger partial charge in [-0.25, -0.2) is 4.98 Å². The van der Waals surface area contributed by atoms with Gasteiger partial charge in [-0.2, -0.15) is 0 Å². The first-order chi connectivity index (χ1) is 12.9. The summed E-state index contributed by atoms with van der Waals surface area (Å²) in [5.41, 5.74) is 3.47. The molecule has 3 aromatic rings. The molecule has 0 saturated carbocycles. The van der Waals surface area contributed by atoms with E-state index in [9.17, 15) is 0 Å². The molecule has 26 heavy (non-hydrogen) atoms. The third-order valence-corrected chi connectivity index (χ3v) is 4.94. The van der Waals surface area contributed by atoms with Crippen LogP contribution in [0, 0.1) is 0 Å². The van der Waals surface area contributed by atoms with Crippen molar-refractivity contribution in [2.24, 2.45) is 0 Å². The highest BCUT2D eigenvalue weighted by Crippen LogP contribution is 2.27. The van der Waals surface area contributed by atoms with Gasteiger partial charge >= 0.3 is 0 Å². The molecule has 1 saturated heterocycles. The normalized spacial score (nSPS) is 16.1. The number of hydrogen-bond acceptors (Lipinski definition) is 4. The summed E-state index contributed by atoms with van der Waals surface area (Å²) >= 11 is 0. The zero-order valence-corrected chi connectivity index (χ0v) is 14.9. The lowest BCUT2D eigenvalue weighted by Crippen LogP contribution is -2.24. The van der Waals surface area contributed by atoms with Crippen molar-refractivity contribution in [2.45, 2.75) is 31.7 Å². The number of nitrogens with one attached hydrogen (secondary N) is 2. The van der Waals surface area contributed by atoms with Gasteiger partial charge in [0, 0.05) is 54.8 Å². The van der Waals surface area contributed by atoms with Gasteiger partial charge in [0.15, 0.2) is 0 Å². The van der Waals surface area contributed by atoms with Crippen LogP contribution in [0.5, 0.6) is 0 Å². The molecule has 0 aliphatic carbocycles. The van der Waals surface area contributed by atoms with Crippen LogP contribution in [0.1, 0.15) is 43.1 Å². The van der Waals surface area contributed by atoms with Crippen LogP contribution >= 0.6 is 0 Å². The van der Waals surface area contributed by atoms with E-state index in [-0.39, 0.29) is 6.04 Å². The topological polar surface area (TPSA) is 56.8 Å².